The maximum Gasteiger partial charge on any atom is 0.345 e. The highest BCUT2D eigenvalue weighted by atomic mass is 16.7. The fourth-order valence-corrected chi connectivity index (χ4v) is 2.01. The van der Waals surface area contributed by atoms with Crippen LogP contribution in [0.4, 0.5) is 0 Å². The number of carbonyl (C=O) groups excluding carboxylic acids is 1. The molecule has 1 aromatic carbocycles. The quantitative estimate of drug-likeness (QED) is 0.367. The van der Waals surface area contributed by atoms with Crippen molar-refractivity contribution in [3.05, 3.63) is 40.2 Å². The van der Waals surface area contributed by atoms with Crippen molar-refractivity contribution in [2.75, 3.05) is 7.11 Å². The van der Waals surface area contributed by atoms with E-state index in [0.29, 0.717) is 29.0 Å². The van der Waals surface area contributed by atoms with Gasteiger partial charge in [0.2, 0.25) is 0 Å². The van der Waals surface area contributed by atoms with Crippen LogP contribution in [0.25, 0.3) is 11.0 Å². The molecule has 116 valence electrons. The highest BCUT2D eigenvalue weighted by Gasteiger charge is 2.13. The summed E-state index contributed by atoms with van der Waals surface area (Å²) in [7, 11) is 1.54. The Bertz CT molecular complexity index is 776. The van der Waals surface area contributed by atoms with E-state index >= 15 is 0 Å². The third kappa shape index (κ3) is 3.52. The number of fused-ring (bicyclic) bond motifs is 1. The lowest BCUT2D eigenvalue weighted by Gasteiger charge is -2.06. The Hall–Kier alpha value is -2.63. The normalized spacial score (nSPS) is 11.5. The van der Waals surface area contributed by atoms with E-state index in [1.165, 1.54) is 6.92 Å². The zero-order chi connectivity index (χ0) is 16.1. The molecule has 2 aromatic rings. The Morgan fingerprint density at radius 1 is 1.32 bits per heavy atom. The van der Waals surface area contributed by atoms with Crippen LogP contribution in [0.3, 0.4) is 0 Å². The van der Waals surface area contributed by atoms with Crippen molar-refractivity contribution in [3.63, 3.8) is 0 Å². The van der Waals surface area contributed by atoms with E-state index in [9.17, 15) is 9.59 Å². The number of benzene rings is 1. The highest BCUT2D eigenvalue weighted by Crippen LogP contribution is 2.20. The van der Waals surface area contributed by atoms with Crippen molar-refractivity contribution < 1.29 is 18.8 Å². The summed E-state index contributed by atoms with van der Waals surface area (Å²) in [5.41, 5.74) is 0.585. The number of carbonyl (C=O) groups is 1. The zero-order valence-electron chi connectivity index (χ0n) is 12.7. The van der Waals surface area contributed by atoms with Crippen LogP contribution in [0.15, 0.2) is 38.6 Å². The van der Waals surface area contributed by atoms with Gasteiger partial charge in [0, 0.05) is 18.4 Å². The van der Waals surface area contributed by atoms with E-state index < -0.39 is 11.6 Å². The van der Waals surface area contributed by atoms with Gasteiger partial charge in [0.15, 0.2) is 0 Å². The SMILES string of the molecule is CCCC(=NOC(C)=O)c1cc2ccc(OC)cc2oc1=O. The van der Waals surface area contributed by atoms with Gasteiger partial charge in [0.1, 0.15) is 11.3 Å². The molecule has 0 saturated carbocycles. The number of hydrogen-bond donors (Lipinski definition) is 0. The van der Waals surface area contributed by atoms with E-state index in [1.54, 1.807) is 31.4 Å². The van der Waals surface area contributed by atoms with Crippen LogP contribution in [0.1, 0.15) is 32.3 Å². The van der Waals surface area contributed by atoms with Crippen LogP contribution in [0.2, 0.25) is 0 Å². The molecule has 2 rings (SSSR count). The molecule has 1 aromatic heterocycles. The lowest BCUT2D eigenvalue weighted by atomic mass is 10.1. The van der Waals surface area contributed by atoms with Gasteiger partial charge in [0.05, 0.1) is 18.4 Å². The molecule has 0 spiro atoms. The van der Waals surface area contributed by atoms with Crippen molar-refractivity contribution in [2.24, 2.45) is 5.16 Å². The number of methoxy groups -OCH3 is 1. The van der Waals surface area contributed by atoms with Gasteiger partial charge in [-0.25, -0.2) is 9.59 Å². The van der Waals surface area contributed by atoms with Crippen LogP contribution in [-0.2, 0) is 9.63 Å². The molecule has 6 nitrogen and oxygen atoms in total. The van der Waals surface area contributed by atoms with Crippen LogP contribution in [0.5, 0.6) is 5.75 Å². The van der Waals surface area contributed by atoms with Crippen molar-refractivity contribution in [3.8, 4) is 5.75 Å². The Morgan fingerprint density at radius 3 is 2.73 bits per heavy atom. The lowest BCUT2D eigenvalue weighted by molar-refractivity contribution is -0.140. The summed E-state index contributed by atoms with van der Waals surface area (Å²) in [5, 5.41) is 4.50. The van der Waals surface area contributed by atoms with E-state index in [4.69, 9.17) is 9.15 Å². The van der Waals surface area contributed by atoms with Gasteiger partial charge in [-0.05, 0) is 24.6 Å². The topological polar surface area (TPSA) is 78.1 Å². The standard InChI is InChI=1S/C16H17NO5/c1-4-5-14(17-22-10(2)18)13-8-11-6-7-12(20-3)9-15(11)21-16(13)19/h6-9H,4-5H2,1-3H3. The highest BCUT2D eigenvalue weighted by molar-refractivity contribution is 6.02. The molecular formula is C16H17NO5. The van der Waals surface area contributed by atoms with E-state index in [-0.39, 0.29) is 0 Å². The molecular weight excluding hydrogens is 286 g/mol. The predicted molar refractivity (Wildman–Crippen MR) is 82.2 cm³/mol. The van der Waals surface area contributed by atoms with E-state index in [2.05, 4.69) is 9.99 Å². The van der Waals surface area contributed by atoms with Gasteiger partial charge in [-0.2, -0.15) is 0 Å². The van der Waals surface area contributed by atoms with Crippen molar-refractivity contribution in [1.29, 1.82) is 0 Å². The van der Waals surface area contributed by atoms with E-state index in [0.717, 1.165) is 11.8 Å². The molecule has 0 aliphatic heterocycles. The Balaban J connectivity index is 2.53. The first-order valence-corrected chi connectivity index (χ1v) is 6.92. The Labute approximate surface area is 127 Å². The average molecular weight is 303 g/mol. The molecule has 0 amide bonds. The second-order valence-corrected chi connectivity index (χ2v) is 4.72. The molecule has 0 aliphatic carbocycles. The van der Waals surface area contributed by atoms with Crippen LogP contribution in [-0.4, -0.2) is 18.8 Å². The second kappa shape index (κ2) is 6.89. The maximum absolute atomic E-state index is 12.2. The minimum Gasteiger partial charge on any atom is -0.497 e. The molecule has 0 fully saturated rings. The molecule has 0 bridgehead atoms. The number of hydrogen-bond acceptors (Lipinski definition) is 6. The fraction of sp³-hybridized carbons (Fsp3) is 0.312. The van der Waals surface area contributed by atoms with Crippen molar-refractivity contribution in [1.82, 2.24) is 0 Å². The predicted octanol–water partition coefficient (Wildman–Crippen LogP) is 2.87. The third-order valence-electron chi connectivity index (χ3n) is 3.03. The molecule has 0 N–H and O–H groups in total. The summed E-state index contributed by atoms with van der Waals surface area (Å²) in [6, 6.07) is 6.88. The fourth-order valence-electron chi connectivity index (χ4n) is 2.01. The van der Waals surface area contributed by atoms with Gasteiger partial charge >= 0.3 is 11.6 Å². The number of oxime groups is 1. The molecule has 0 saturated heterocycles. The number of nitrogens with zero attached hydrogens (tertiary/aromatic N) is 1. The van der Waals surface area contributed by atoms with Gasteiger partial charge < -0.3 is 14.0 Å². The molecule has 0 atom stereocenters. The van der Waals surface area contributed by atoms with Gasteiger partial charge in [-0.3, -0.25) is 0 Å². The van der Waals surface area contributed by atoms with Gasteiger partial charge in [0.25, 0.3) is 0 Å². The summed E-state index contributed by atoms with van der Waals surface area (Å²) in [6.07, 6.45) is 1.25. The van der Waals surface area contributed by atoms with Crippen molar-refractivity contribution >= 4 is 22.7 Å². The molecule has 22 heavy (non-hydrogen) atoms. The second-order valence-electron chi connectivity index (χ2n) is 4.72. The number of ether oxygens (including phenoxy) is 1. The van der Waals surface area contributed by atoms with Gasteiger partial charge in [-0.1, -0.05) is 18.5 Å². The summed E-state index contributed by atoms with van der Waals surface area (Å²) in [6.45, 7) is 3.19. The Kier molecular flexibility index (Phi) is 4.93. The maximum atomic E-state index is 12.2. The minimum absolute atomic E-state index is 0.292. The number of rotatable bonds is 5. The van der Waals surface area contributed by atoms with E-state index in [1.807, 2.05) is 6.92 Å². The summed E-state index contributed by atoms with van der Waals surface area (Å²) in [5.74, 6) is 0.0641. The molecule has 0 unspecified atom stereocenters. The largest absolute Gasteiger partial charge is 0.497 e. The monoisotopic (exact) mass is 303 g/mol. The molecule has 0 aliphatic rings. The Morgan fingerprint density at radius 2 is 2.09 bits per heavy atom. The summed E-state index contributed by atoms with van der Waals surface area (Å²) < 4.78 is 10.4. The summed E-state index contributed by atoms with van der Waals surface area (Å²) in [4.78, 5) is 27.7. The first kappa shape index (κ1) is 15.8. The van der Waals surface area contributed by atoms with Crippen LogP contribution >= 0.6 is 0 Å². The first-order valence-electron chi connectivity index (χ1n) is 6.92. The minimum atomic E-state index is -0.538. The smallest absolute Gasteiger partial charge is 0.345 e. The third-order valence-corrected chi connectivity index (χ3v) is 3.03. The first-order chi connectivity index (χ1) is 10.5. The molecule has 0 radical (unpaired) electrons. The summed E-state index contributed by atoms with van der Waals surface area (Å²) >= 11 is 0. The molecule has 1 heterocycles. The lowest BCUT2D eigenvalue weighted by Crippen LogP contribution is -2.15. The van der Waals surface area contributed by atoms with Crippen LogP contribution < -0.4 is 10.4 Å². The zero-order valence-corrected chi connectivity index (χ0v) is 12.7. The van der Waals surface area contributed by atoms with Gasteiger partial charge in [-0.15, -0.1) is 0 Å². The van der Waals surface area contributed by atoms with Crippen molar-refractivity contribution in [2.45, 2.75) is 26.7 Å². The van der Waals surface area contributed by atoms with Crippen LogP contribution in [0, 0.1) is 0 Å². The molecule has 6 heteroatoms. The average Bonchev–Trinajstić information content (AvgIpc) is 2.50.